The summed E-state index contributed by atoms with van der Waals surface area (Å²) in [6.07, 6.45) is 0.233. The second-order valence-corrected chi connectivity index (χ2v) is 9.00. The quantitative estimate of drug-likeness (QED) is 0.764. The first-order valence-electron chi connectivity index (χ1n) is 9.39. The fourth-order valence-corrected chi connectivity index (χ4v) is 5.11. The first-order chi connectivity index (χ1) is 13.2. The minimum atomic E-state index is -4.82. The van der Waals surface area contributed by atoms with Gasteiger partial charge < -0.3 is 9.47 Å². The highest BCUT2D eigenvalue weighted by molar-refractivity contribution is 7.89. The number of hydrogen-bond acceptors (Lipinski definition) is 5. The molecule has 1 aliphatic carbocycles. The van der Waals surface area contributed by atoms with Crippen molar-refractivity contribution in [3.63, 3.8) is 0 Å². The van der Waals surface area contributed by atoms with Crippen molar-refractivity contribution in [3.05, 3.63) is 24.3 Å². The summed E-state index contributed by atoms with van der Waals surface area (Å²) in [7, 11) is -3.84. The van der Waals surface area contributed by atoms with Gasteiger partial charge in [0.15, 0.2) is 0 Å². The molecule has 1 aliphatic heterocycles. The number of nitrogens with one attached hydrogen (secondary N) is 1. The van der Waals surface area contributed by atoms with Gasteiger partial charge in [-0.05, 0) is 37.1 Å². The molecule has 158 valence electrons. The zero-order valence-electron chi connectivity index (χ0n) is 15.5. The first-order valence-corrected chi connectivity index (χ1v) is 10.9. The Morgan fingerprint density at radius 1 is 1.07 bits per heavy atom. The van der Waals surface area contributed by atoms with Crippen LogP contribution in [-0.4, -0.2) is 58.1 Å². The van der Waals surface area contributed by atoms with Gasteiger partial charge in [-0.1, -0.05) is 19.3 Å². The molecule has 10 heteroatoms. The van der Waals surface area contributed by atoms with Crippen LogP contribution in [0.3, 0.4) is 0 Å². The molecule has 0 amide bonds. The Kier molecular flexibility index (Phi) is 6.53. The van der Waals surface area contributed by atoms with Crippen LogP contribution in [0.1, 0.15) is 32.1 Å². The first kappa shape index (κ1) is 21.4. The summed E-state index contributed by atoms with van der Waals surface area (Å²) < 4.78 is 74.0. The van der Waals surface area contributed by atoms with Gasteiger partial charge in [0.2, 0.25) is 10.0 Å². The summed E-state index contributed by atoms with van der Waals surface area (Å²) in [5.74, 6) is -0.455. The second-order valence-electron chi connectivity index (χ2n) is 7.23. The van der Waals surface area contributed by atoms with Crippen LogP contribution in [0.25, 0.3) is 0 Å². The Bertz CT molecular complexity index is 741. The predicted molar refractivity (Wildman–Crippen MR) is 96.5 cm³/mol. The van der Waals surface area contributed by atoms with Crippen LogP contribution >= 0.6 is 0 Å². The van der Waals surface area contributed by atoms with Gasteiger partial charge in [0, 0.05) is 25.2 Å². The Hall–Kier alpha value is -1.36. The number of ether oxygens (including phenoxy) is 2. The molecule has 0 spiro atoms. The van der Waals surface area contributed by atoms with E-state index in [0.717, 1.165) is 69.5 Å². The van der Waals surface area contributed by atoms with Crippen molar-refractivity contribution in [2.45, 2.75) is 48.9 Å². The number of rotatable bonds is 6. The standard InChI is InChI=1S/C18H25F3N2O4S/c19-18(20,21)27-15-4-6-16(7-5-15)28(24,25)22-14-17(8-2-1-3-9-17)23-10-12-26-13-11-23/h4-7,22H,1-3,8-14H2. The highest BCUT2D eigenvalue weighted by Gasteiger charge is 2.39. The van der Waals surface area contributed by atoms with E-state index in [0.29, 0.717) is 13.2 Å². The molecule has 3 rings (SSSR count). The van der Waals surface area contributed by atoms with Crippen LogP contribution in [0.15, 0.2) is 29.2 Å². The number of hydrogen-bond donors (Lipinski definition) is 1. The molecular formula is C18H25F3N2O4S. The highest BCUT2D eigenvalue weighted by Crippen LogP contribution is 2.34. The topological polar surface area (TPSA) is 67.9 Å². The minimum absolute atomic E-state index is 0.0880. The van der Waals surface area contributed by atoms with Crippen molar-refractivity contribution >= 4 is 10.0 Å². The molecule has 0 aromatic heterocycles. The Morgan fingerprint density at radius 2 is 1.68 bits per heavy atom. The summed E-state index contributed by atoms with van der Waals surface area (Å²) in [4.78, 5) is 2.23. The van der Waals surface area contributed by atoms with E-state index >= 15 is 0 Å². The number of alkyl halides is 3. The lowest BCUT2D eigenvalue weighted by Crippen LogP contribution is -2.59. The van der Waals surface area contributed by atoms with Crippen LogP contribution in [0.5, 0.6) is 5.75 Å². The summed E-state index contributed by atoms with van der Waals surface area (Å²) in [5, 5.41) is 0. The van der Waals surface area contributed by atoms with Gasteiger partial charge in [-0.25, -0.2) is 13.1 Å². The minimum Gasteiger partial charge on any atom is -0.406 e. The lowest BCUT2D eigenvalue weighted by Gasteiger charge is -2.48. The summed E-state index contributed by atoms with van der Waals surface area (Å²) in [6, 6.07) is 4.23. The normalized spacial score (nSPS) is 21.4. The fraction of sp³-hybridized carbons (Fsp3) is 0.667. The molecule has 1 aromatic rings. The van der Waals surface area contributed by atoms with Crippen LogP contribution in [-0.2, 0) is 14.8 Å². The van der Waals surface area contributed by atoms with Crippen molar-refractivity contribution in [3.8, 4) is 5.75 Å². The smallest absolute Gasteiger partial charge is 0.406 e. The van der Waals surface area contributed by atoms with Gasteiger partial charge in [0.25, 0.3) is 0 Å². The Morgan fingerprint density at radius 3 is 2.25 bits per heavy atom. The average Bonchev–Trinajstić information content (AvgIpc) is 2.67. The van der Waals surface area contributed by atoms with E-state index in [9.17, 15) is 21.6 Å². The third-order valence-electron chi connectivity index (χ3n) is 5.43. The van der Waals surface area contributed by atoms with E-state index in [4.69, 9.17) is 4.74 Å². The molecule has 1 N–H and O–H groups in total. The molecule has 1 heterocycles. The van der Waals surface area contributed by atoms with Gasteiger partial charge in [-0.2, -0.15) is 0 Å². The SMILES string of the molecule is O=S(=O)(NCC1(N2CCOCC2)CCCCC1)c1ccc(OC(F)(F)F)cc1. The van der Waals surface area contributed by atoms with E-state index in [1.165, 1.54) is 0 Å². The molecule has 28 heavy (non-hydrogen) atoms. The van der Waals surface area contributed by atoms with Crippen molar-refractivity contribution in [1.82, 2.24) is 9.62 Å². The number of morpholine rings is 1. The maximum atomic E-state index is 12.7. The monoisotopic (exact) mass is 422 g/mol. The maximum Gasteiger partial charge on any atom is 0.573 e. The number of sulfonamides is 1. The van der Waals surface area contributed by atoms with Crippen molar-refractivity contribution in [2.75, 3.05) is 32.8 Å². The summed E-state index contributed by atoms with van der Waals surface area (Å²) >= 11 is 0. The van der Waals surface area contributed by atoms with Gasteiger partial charge >= 0.3 is 6.36 Å². The molecule has 1 saturated carbocycles. The zero-order chi connectivity index (χ0) is 20.3. The summed E-state index contributed by atoms with van der Waals surface area (Å²) in [6.45, 7) is 3.08. The maximum absolute atomic E-state index is 12.7. The number of halogens is 3. The lowest BCUT2D eigenvalue weighted by molar-refractivity contribution is -0.274. The highest BCUT2D eigenvalue weighted by atomic mass is 32.2. The van der Waals surface area contributed by atoms with Crippen molar-refractivity contribution < 1.29 is 31.1 Å². The average molecular weight is 422 g/mol. The summed E-state index contributed by atoms with van der Waals surface area (Å²) in [5.41, 5.74) is -0.242. The van der Waals surface area contributed by atoms with Crippen LogP contribution in [0.2, 0.25) is 0 Å². The van der Waals surface area contributed by atoms with Crippen molar-refractivity contribution in [2.24, 2.45) is 0 Å². The fourth-order valence-electron chi connectivity index (χ4n) is 3.99. The van der Waals surface area contributed by atoms with Crippen LogP contribution in [0.4, 0.5) is 13.2 Å². The Labute approximate surface area is 163 Å². The lowest BCUT2D eigenvalue weighted by atomic mass is 9.80. The molecule has 1 aromatic carbocycles. The van der Waals surface area contributed by atoms with E-state index in [1.807, 2.05) is 0 Å². The molecule has 1 saturated heterocycles. The van der Waals surface area contributed by atoms with Crippen molar-refractivity contribution in [1.29, 1.82) is 0 Å². The van der Waals surface area contributed by atoms with Gasteiger partial charge in [0.1, 0.15) is 5.75 Å². The third kappa shape index (κ3) is 5.37. The number of benzene rings is 1. The molecular weight excluding hydrogens is 397 g/mol. The molecule has 0 bridgehead atoms. The number of nitrogens with zero attached hydrogens (tertiary/aromatic N) is 1. The largest absolute Gasteiger partial charge is 0.573 e. The Balaban J connectivity index is 1.70. The van der Waals surface area contributed by atoms with E-state index in [1.54, 1.807) is 0 Å². The zero-order valence-corrected chi connectivity index (χ0v) is 16.3. The molecule has 2 aliphatic rings. The molecule has 0 atom stereocenters. The van der Waals surface area contributed by atoms with Gasteiger partial charge in [-0.3, -0.25) is 4.90 Å². The van der Waals surface area contributed by atoms with E-state index < -0.39 is 22.1 Å². The molecule has 6 nitrogen and oxygen atoms in total. The second kappa shape index (κ2) is 8.56. The van der Waals surface area contributed by atoms with Gasteiger partial charge in [-0.15, -0.1) is 13.2 Å². The van der Waals surface area contributed by atoms with E-state index in [-0.39, 0.29) is 17.0 Å². The van der Waals surface area contributed by atoms with Gasteiger partial charge in [0.05, 0.1) is 18.1 Å². The molecule has 0 unspecified atom stereocenters. The molecule has 0 radical (unpaired) electrons. The van der Waals surface area contributed by atoms with Crippen LogP contribution < -0.4 is 9.46 Å². The molecule has 2 fully saturated rings. The predicted octanol–water partition coefficient (Wildman–Crippen LogP) is 2.90. The van der Waals surface area contributed by atoms with Crippen LogP contribution in [0, 0.1) is 0 Å². The van der Waals surface area contributed by atoms with E-state index in [2.05, 4.69) is 14.4 Å². The third-order valence-corrected chi connectivity index (χ3v) is 6.84.